The Morgan fingerprint density at radius 2 is 2.18 bits per heavy atom. The molecule has 1 aromatic rings. The summed E-state index contributed by atoms with van der Waals surface area (Å²) >= 11 is 0. The van der Waals surface area contributed by atoms with Gasteiger partial charge in [-0.15, -0.1) is 0 Å². The molecular weight excluding hydrogens is 214 g/mol. The van der Waals surface area contributed by atoms with Crippen molar-refractivity contribution in [2.45, 2.75) is 26.2 Å². The van der Waals surface area contributed by atoms with Crippen molar-refractivity contribution in [2.75, 3.05) is 20.2 Å². The fraction of sp³-hybridized carbons (Fsp3) is 0.500. The molecular formula is C14H21NO2. The molecule has 1 aromatic carbocycles. The highest BCUT2D eigenvalue weighted by molar-refractivity contribution is 5.51. The summed E-state index contributed by atoms with van der Waals surface area (Å²) < 4.78 is 5.34. The number of hydrogen-bond acceptors (Lipinski definition) is 3. The Labute approximate surface area is 103 Å². The molecule has 0 aliphatic rings. The van der Waals surface area contributed by atoms with E-state index in [2.05, 4.69) is 31.3 Å². The quantitative estimate of drug-likeness (QED) is 0.581. The first-order valence-corrected chi connectivity index (χ1v) is 6.00. The first-order valence-electron chi connectivity index (χ1n) is 6.00. The van der Waals surface area contributed by atoms with Gasteiger partial charge in [-0.25, -0.2) is 0 Å². The second kappa shape index (κ2) is 7.07. The van der Waals surface area contributed by atoms with E-state index in [4.69, 9.17) is 4.74 Å². The standard InChI is InChI=1S/C14H21NO2/c1-11(2)12-4-5-14(17-3)13(10-12)6-7-15-8-9-16/h4-5,9-11,15H,6-8H2,1-3H3. The predicted octanol–water partition coefficient (Wildman–Crippen LogP) is 2.15. The fourth-order valence-corrected chi connectivity index (χ4v) is 1.74. The van der Waals surface area contributed by atoms with Gasteiger partial charge in [-0.2, -0.15) is 0 Å². The summed E-state index contributed by atoms with van der Waals surface area (Å²) in [6, 6.07) is 6.31. The third-order valence-corrected chi connectivity index (χ3v) is 2.77. The summed E-state index contributed by atoms with van der Waals surface area (Å²) in [4.78, 5) is 10.2. The van der Waals surface area contributed by atoms with Gasteiger partial charge in [0, 0.05) is 0 Å². The fourth-order valence-electron chi connectivity index (χ4n) is 1.74. The highest BCUT2D eigenvalue weighted by Crippen LogP contribution is 2.24. The molecule has 94 valence electrons. The average molecular weight is 235 g/mol. The van der Waals surface area contributed by atoms with E-state index in [9.17, 15) is 4.79 Å². The molecule has 0 atom stereocenters. The Bertz CT molecular complexity index is 361. The van der Waals surface area contributed by atoms with Crippen molar-refractivity contribution >= 4 is 6.29 Å². The molecule has 0 aromatic heterocycles. The topological polar surface area (TPSA) is 38.3 Å². The first kappa shape index (κ1) is 13.7. The van der Waals surface area contributed by atoms with Gasteiger partial charge in [0.1, 0.15) is 12.0 Å². The van der Waals surface area contributed by atoms with Gasteiger partial charge in [0.25, 0.3) is 0 Å². The van der Waals surface area contributed by atoms with Crippen LogP contribution >= 0.6 is 0 Å². The van der Waals surface area contributed by atoms with Gasteiger partial charge >= 0.3 is 0 Å². The molecule has 0 spiro atoms. The van der Waals surface area contributed by atoms with Gasteiger partial charge in [-0.3, -0.25) is 0 Å². The SMILES string of the molecule is COc1ccc(C(C)C)cc1CCNCC=O. The van der Waals surface area contributed by atoms with Crippen LogP contribution in [0.5, 0.6) is 5.75 Å². The summed E-state index contributed by atoms with van der Waals surface area (Å²) in [7, 11) is 1.69. The van der Waals surface area contributed by atoms with E-state index < -0.39 is 0 Å². The van der Waals surface area contributed by atoms with Gasteiger partial charge in [0.2, 0.25) is 0 Å². The third kappa shape index (κ3) is 4.19. The van der Waals surface area contributed by atoms with E-state index in [0.29, 0.717) is 12.5 Å². The number of hydrogen-bond donors (Lipinski definition) is 1. The van der Waals surface area contributed by atoms with E-state index in [1.54, 1.807) is 7.11 Å². The van der Waals surface area contributed by atoms with Crippen LogP contribution in [-0.2, 0) is 11.2 Å². The smallest absolute Gasteiger partial charge is 0.133 e. The van der Waals surface area contributed by atoms with Gasteiger partial charge in [-0.05, 0) is 36.1 Å². The molecule has 0 heterocycles. The molecule has 0 saturated carbocycles. The number of carbonyl (C=O) groups is 1. The van der Waals surface area contributed by atoms with Gasteiger partial charge in [0.05, 0.1) is 13.7 Å². The molecule has 1 rings (SSSR count). The van der Waals surface area contributed by atoms with E-state index in [0.717, 1.165) is 25.0 Å². The van der Waals surface area contributed by atoms with E-state index in [-0.39, 0.29) is 0 Å². The lowest BCUT2D eigenvalue weighted by Gasteiger charge is -2.12. The maximum absolute atomic E-state index is 10.2. The van der Waals surface area contributed by atoms with Crippen molar-refractivity contribution in [3.8, 4) is 5.75 Å². The lowest BCUT2D eigenvalue weighted by Crippen LogP contribution is -2.19. The Balaban J connectivity index is 2.72. The largest absolute Gasteiger partial charge is 0.496 e. The normalized spacial score (nSPS) is 10.6. The number of carbonyl (C=O) groups excluding carboxylic acids is 1. The minimum atomic E-state index is 0.409. The van der Waals surface area contributed by atoms with Crippen LogP contribution in [0.15, 0.2) is 18.2 Å². The molecule has 17 heavy (non-hydrogen) atoms. The second-order valence-electron chi connectivity index (χ2n) is 4.35. The monoisotopic (exact) mass is 235 g/mol. The molecule has 0 aliphatic carbocycles. The lowest BCUT2D eigenvalue weighted by molar-refractivity contribution is -0.107. The number of nitrogens with one attached hydrogen (secondary N) is 1. The highest BCUT2D eigenvalue weighted by Gasteiger charge is 2.06. The Kier molecular flexibility index (Phi) is 5.70. The van der Waals surface area contributed by atoms with Crippen LogP contribution in [0.25, 0.3) is 0 Å². The van der Waals surface area contributed by atoms with Gasteiger partial charge in [0.15, 0.2) is 0 Å². The summed E-state index contributed by atoms with van der Waals surface area (Å²) in [5.41, 5.74) is 2.51. The van der Waals surface area contributed by atoms with Crippen molar-refractivity contribution in [3.63, 3.8) is 0 Å². The van der Waals surface area contributed by atoms with Crippen molar-refractivity contribution in [1.82, 2.24) is 5.32 Å². The summed E-state index contributed by atoms with van der Waals surface area (Å²) in [6.45, 7) is 5.55. The molecule has 0 saturated heterocycles. The van der Waals surface area contributed by atoms with E-state index in [1.165, 1.54) is 11.1 Å². The molecule has 1 N–H and O–H groups in total. The van der Waals surface area contributed by atoms with Gasteiger partial charge in [-0.1, -0.05) is 26.0 Å². The molecule has 0 radical (unpaired) electrons. The van der Waals surface area contributed by atoms with Crippen LogP contribution in [0.2, 0.25) is 0 Å². The minimum Gasteiger partial charge on any atom is -0.496 e. The highest BCUT2D eigenvalue weighted by atomic mass is 16.5. The third-order valence-electron chi connectivity index (χ3n) is 2.77. The van der Waals surface area contributed by atoms with Crippen LogP contribution in [0.4, 0.5) is 0 Å². The number of aldehydes is 1. The number of rotatable bonds is 7. The average Bonchev–Trinajstić information content (AvgIpc) is 2.34. The predicted molar refractivity (Wildman–Crippen MR) is 69.7 cm³/mol. The van der Waals surface area contributed by atoms with Crippen molar-refractivity contribution in [3.05, 3.63) is 29.3 Å². The number of benzene rings is 1. The molecule has 0 fully saturated rings. The van der Waals surface area contributed by atoms with Crippen LogP contribution in [-0.4, -0.2) is 26.5 Å². The zero-order valence-electron chi connectivity index (χ0n) is 10.8. The van der Waals surface area contributed by atoms with E-state index >= 15 is 0 Å². The van der Waals surface area contributed by atoms with Crippen LogP contribution in [0, 0.1) is 0 Å². The maximum Gasteiger partial charge on any atom is 0.133 e. The summed E-state index contributed by atoms with van der Waals surface area (Å²) in [5.74, 6) is 1.44. The second-order valence-corrected chi connectivity index (χ2v) is 4.35. The molecule has 0 bridgehead atoms. The lowest BCUT2D eigenvalue weighted by atomic mass is 9.99. The molecule has 0 amide bonds. The number of ether oxygens (including phenoxy) is 1. The Hall–Kier alpha value is -1.35. The zero-order valence-corrected chi connectivity index (χ0v) is 10.8. The molecule has 0 aliphatic heterocycles. The van der Waals surface area contributed by atoms with Crippen LogP contribution in [0.3, 0.4) is 0 Å². The summed E-state index contributed by atoms with van der Waals surface area (Å²) in [5, 5.41) is 3.06. The maximum atomic E-state index is 10.2. The molecule has 0 unspecified atom stereocenters. The number of methoxy groups -OCH3 is 1. The Morgan fingerprint density at radius 1 is 1.41 bits per heavy atom. The summed E-state index contributed by atoms with van der Waals surface area (Å²) in [6.07, 6.45) is 1.75. The zero-order chi connectivity index (χ0) is 12.7. The Morgan fingerprint density at radius 3 is 2.76 bits per heavy atom. The van der Waals surface area contributed by atoms with Crippen molar-refractivity contribution in [2.24, 2.45) is 0 Å². The van der Waals surface area contributed by atoms with Crippen molar-refractivity contribution in [1.29, 1.82) is 0 Å². The molecule has 3 nitrogen and oxygen atoms in total. The van der Waals surface area contributed by atoms with Crippen molar-refractivity contribution < 1.29 is 9.53 Å². The van der Waals surface area contributed by atoms with Crippen LogP contribution < -0.4 is 10.1 Å². The van der Waals surface area contributed by atoms with E-state index in [1.807, 2.05) is 6.07 Å². The minimum absolute atomic E-state index is 0.409. The molecule has 3 heteroatoms. The van der Waals surface area contributed by atoms with Crippen LogP contribution in [0.1, 0.15) is 30.9 Å². The van der Waals surface area contributed by atoms with Gasteiger partial charge < -0.3 is 14.8 Å². The first-order chi connectivity index (χ1) is 8.19.